The van der Waals surface area contributed by atoms with Crippen molar-refractivity contribution >= 4 is 11.8 Å². The lowest BCUT2D eigenvalue weighted by Gasteiger charge is -2.47. The predicted molar refractivity (Wildman–Crippen MR) is 138 cm³/mol. The number of nitrogens with two attached hydrogens (primary N) is 1. The summed E-state index contributed by atoms with van der Waals surface area (Å²) >= 11 is 0. The van der Waals surface area contributed by atoms with Gasteiger partial charge in [0.15, 0.2) is 0 Å². The minimum Gasteiger partial charge on any atom is -0.476 e. The standard InChI is InChI=1S/C28H33F4N5O3/c29-21-13-19(4-5-20(21)26(39)37-10-1-3-23(37)25(33)38)22-14-35-24(15-34-22)40-16-18-6-11-36(12-7-18)17-27(8-2-9-27)28(30,31)32/h4-5,13-15,18,23H,1-3,6-12,16-17H2,(H2,33,38). The first-order chi connectivity index (χ1) is 19.1. The third kappa shape index (κ3) is 5.77. The predicted octanol–water partition coefficient (Wildman–Crippen LogP) is 4.20. The Hall–Kier alpha value is -3.28. The third-order valence-corrected chi connectivity index (χ3v) is 8.58. The van der Waals surface area contributed by atoms with Crippen molar-refractivity contribution in [1.29, 1.82) is 0 Å². The van der Waals surface area contributed by atoms with Crippen molar-refractivity contribution in [1.82, 2.24) is 19.8 Å². The van der Waals surface area contributed by atoms with E-state index in [4.69, 9.17) is 10.5 Å². The number of likely N-dealkylation sites (tertiary alicyclic amines) is 2. The topological polar surface area (TPSA) is 102 Å². The smallest absolute Gasteiger partial charge is 0.395 e. The van der Waals surface area contributed by atoms with Gasteiger partial charge in [-0.15, -0.1) is 0 Å². The Kier molecular flexibility index (Phi) is 7.98. The highest BCUT2D eigenvalue weighted by Crippen LogP contribution is 2.53. The number of ether oxygens (including phenoxy) is 1. The molecule has 1 aromatic carbocycles. The Morgan fingerprint density at radius 3 is 2.38 bits per heavy atom. The van der Waals surface area contributed by atoms with Crippen LogP contribution in [0.5, 0.6) is 5.88 Å². The summed E-state index contributed by atoms with van der Waals surface area (Å²) in [5.41, 5.74) is 4.52. The van der Waals surface area contributed by atoms with Gasteiger partial charge in [-0.3, -0.25) is 9.59 Å². The first-order valence-electron chi connectivity index (χ1n) is 13.7. The average Bonchev–Trinajstić information content (AvgIpc) is 3.40. The van der Waals surface area contributed by atoms with Crippen LogP contribution in [0.2, 0.25) is 0 Å². The molecule has 0 radical (unpaired) electrons. The van der Waals surface area contributed by atoms with Gasteiger partial charge in [-0.05, 0) is 69.7 Å². The molecule has 1 aliphatic carbocycles. The maximum absolute atomic E-state index is 14.9. The van der Waals surface area contributed by atoms with E-state index in [1.165, 1.54) is 29.4 Å². The number of rotatable bonds is 8. The van der Waals surface area contributed by atoms with Gasteiger partial charge in [-0.1, -0.05) is 12.5 Å². The Labute approximate surface area is 229 Å². The minimum atomic E-state index is -4.15. The van der Waals surface area contributed by atoms with Crippen LogP contribution in [0.4, 0.5) is 17.6 Å². The Balaban J connectivity index is 1.12. The summed E-state index contributed by atoms with van der Waals surface area (Å²) in [6.45, 7) is 2.04. The van der Waals surface area contributed by atoms with Crippen LogP contribution in [0, 0.1) is 17.2 Å². The van der Waals surface area contributed by atoms with Crippen LogP contribution in [-0.4, -0.2) is 76.6 Å². The highest BCUT2D eigenvalue weighted by molar-refractivity contribution is 5.98. The summed E-state index contributed by atoms with van der Waals surface area (Å²) in [6, 6.07) is 3.40. The lowest BCUT2D eigenvalue weighted by molar-refractivity contribution is -0.256. The van der Waals surface area contributed by atoms with Gasteiger partial charge in [0.25, 0.3) is 5.91 Å². The number of hydrogen-bond donors (Lipinski definition) is 1. The number of amides is 2. The fraction of sp³-hybridized carbons (Fsp3) is 0.571. The summed E-state index contributed by atoms with van der Waals surface area (Å²) in [5, 5.41) is 0. The number of halogens is 4. The number of piperidine rings is 1. The van der Waals surface area contributed by atoms with Gasteiger partial charge in [0.05, 0.1) is 35.7 Å². The van der Waals surface area contributed by atoms with E-state index in [0.717, 1.165) is 12.8 Å². The molecule has 216 valence electrons. The van der Waals surface area contributed by atoms with Crippen molar-refractivity contribution in [2.75, 3.05) is 32.8 Å². The zero-order chi connectivity index (χ0) is 28.5. The van der Waals surface area contributed by atoms with Crippen LogP contribution in [0.25, 0.3) is 11.3 Å². The summed E-state index contributed by atoms with van der Waals surface area (Å²) in [5.74, 6) is -1.40. The molecule has 8 nitrogen and oxygen atoms in total. The fourth-order valence-electron chi connectivity index (χ4n) is 5.93. The van der Waals surface area contributed by atoms with E-state index in [0.29, 0.717) is 62.6 Å². The van der Waals surface area contributed by atoms with E-state index in [1.807, 2.05) is 4.90 Å². The number of alkyl halides is 3. The Morgan fingerprint density at radius 1 is 1.05 bits per heavy atom. The monoisotopic (exact) mass is 563 g/mol. The molecular weight excluding hydrogens is 530 g/mol. The van der Waals surface area contributed by atoms with Crippen LogP contribution >= 0.6 is 0 Å². The number of aromatic nitrogens is 2. The normalized spacial score (nSPS) is 21.7. The number of carbonyl (C=O) groups is 2. The van der Waals surface area contributed by atoms with E-state index < -0.39 is 35.3 Å². The molecule has 5 rings (SSSR count). The van der Waals surface area contributed by atoms with Crippen LogP contribution in [0.3, 0.4) is 0 Å². The first-order valence-corrected chi connectivity index (χ1v) is 13.7. The van der Waals surface area contributed by atoms with Gasteiger partial charge in [0.2, 0.25) is 11.8 Å². The Morgan fingerprint density at radius 2 is 1.80 bits per heavy atom. The average molecular weight is 564 g/mol. The second-order valence-corrected chi connectivity index (χ2v) is 11.2. The second kappa shape index (κ2) is 11.3. The molecule has 2 N–H and O–H groups in total. The van der Waals surface area contributed by atoms with Crippen LogP contribution in [-0.2, 0) is 4.79 Å². The van der Waals surface area contributed by atoms with Gasteiger partial charge in [0.1, 0.15) is 11.9 Å². The summed E-state index contributed by atoms with van der Waals surface area (Å²) in [4.78, 5) is 36.2. The molecule has 12 heteroatoms. The molecule has 1 unspecified atom stereocenters. The molecule has 3 heterocycles. The summed E-state index contributed by atoms with van der Waals surface area (Å²) in [6.07, 6.45) is 2.42. The molecule has 2 aromatic rings. The van der Waals surface area contributed by atoms with Crippen LogP contribution in [0.1, 0.15) is 55.3 Å². The summed E-state index contributed by atoms with van der Waals surface area (Å²) in [7, 11) is 0. The van der Waals surface area contributed by atoms with Gasteiger partial charge in [0, 0.05) is 18.7 Å². The summed E-state index contributed by atoms with van der Waals surface area (Å²) < 4.78 is 61.1. The molecule has 2 amide bonds. The molecular formula is C28H33F4N5O3. The number of nitrogens with zero attached hydrogens (tertiary/aromatic N) is 4. The minimum absolute atomic E-state index is 0.0822. The highest BCUT2D eigenvalue weighted by atomic mass is 19.4. The van der Waals surface area contributed by atoms with E-state index in [1.54, 1.807) is 6.07 Å². The van der Waals surface area contributed by atoms with Gasteiger partial charge in [-0.2, -0.15) is 13.2 Å². The quantitative estimate of drug-likeness (QED) is 0.484. The van der Waals surface area contributed by atoms with Crippen molar-refractivity contribution in [3.05, 3.63) is 42.0 Å². The number of carbonyl (C=O) groups excluding carboxylic acids is 2. The molecule has 40 heavy (non-hydrogen) atoms. The van der Waals surface area contributed by atoms with E-state index in [9.17, 15) is 27.2 Å². The zero-order valence-electron chi connectivity index (χ0n) is 22.1. The molecule has 2 aliphatic heterocycles. The molecule has 0 spiro atoms. The highest BCUT2D eigenvalue weighted by Gasteiger charge is 2.58. The lowest BCUT2D eigenvalue weighted by Crippen LogP contribution is -2.53. The van der Waals surface area contributed by atoms with Gasteiger partial charge >= 0.3 is 6.18 Å². The van der Waals surface area contributed by atoms with Crippen molar-refractivity contribution in [3.8, 4) is 17.1 Å². The Bertz CT molecular complexity index is 1230. The van der Waals surface area contributed by atoms with Crippen molar-refractivity contribution in [2.45, 2.75) is 57.2 Å². The van der Waals surface area contributed by atoms with Gasteiger partial charge < -0.3 is 20.3 Å². The first kappa shape index (κ1) is 28.3. The molecule has 2 saturated heterocycles. The molecule has 1 aromatic heterocycles. The zero-order valence-corrected chi connectivity index (χ0v) is 22.1. The fourth-order valence-corrected chi connectivity index (χ4v) is 5.93. The van der Waals surface area contributed by atoms with E-state index in [2.05, 4.69) is 9.97 Å². The van der Waals surface area contributed by atoms with Crippen molar-refractivity contribution in [2.24, 2.45) is 17.1 Å². The number of primary amides is 1. The molecule has 0 bridgehead atoms. The molecule has 1 saturated carbocycles. The largest absolute Gasteiger partial charge is 0.476 e. The van der Waals surface area contributed by atoms with Crippen molar-refractivity contribution in [3.63, 3.8) is 0 Å². The van der Waals surface area contributed by atoms with E-state index >= 15 is 0 Å². The number of hydrogen-bond acceptors (Lipinski definition) is 6. The van der Waals surface area contributed by atoms with Crippen LogP contribution < -0.4 is 10.5 Å². The third-order valence-electron chi connectivity index (χ3n) is 8.58. The SMILES string of the molecule is NC(=O)C1CCCN1C(=O)c1ccc(-c2cnc(OCC3CCN(CC4(C(F)(F)F)CCC4)CC3)cn2)cc1F. The van der Waals surface area contributed by atoms with Gasteiger partial charge in [-0.25, -0.2) is 14.4 Å². The van der Waals surface area contributed by atoms with Crippen LogP contribution in [0.15, 0.2) is 30.6 Å². The maximum atomic E-state index is 14.9. The number of benzene rings is 1. The van der Waals surface area contributed by atoms with E-state index in [-0.39, 0.29) is 30.9 Å². The maximum Gasteiger partial charge on any atom is 0.395 e. The second-order valence-electron chi connectivity index (χ2n) is 11.2. The molecule has 3 aliphatic rings. The van der Waals surface area contributed by atoms with Crippen molar-refractivity contribution < 1.29 is 31.9 Å². The molecule has 3 fully saturated rings. The lowest BCUT2D eigenvalue weighted by atomic mass is 9.67. The molecule has 1 atom stereocenters.